The first-order valence-electron chi connectivity index (χ1n) is 5.42. The van der Waals surface area contributed by atoms with Crippen molar-refractivity contribution in [1.82, 2.24) is 0 Å². The lowest BCUT2D eigenvalue weighted by Gasteiger charge is -2.10. The van der Waals surface area contributed by atoms with Crippen molar-refractivity contribution in [1.29, 1.82) is 0 Å². The third kappa shape index (κ3) is 2.98. The summed E-state index contributed by atoms with van der Waals surface area (Å²) < 4.78 is 24.1. The second-order valence-corrected chi connectivity index (χ2v) is 6.57. The lowest BCUT2D eigenvalue weighted by Crippen LogP contribution is -2.11. The fourth-order valence-corrected chi connectivity index (χ4v) is 3.21. The number of nitrogen functional groups attached to an aromatic ring is 1. The Kier molecular flexibility index (Phi) is 3.97. The number of anilines is 1. The van der Waals surface area contributed by atoms with Gasteiger partial charge in [-0.05, 0) is 30.9 Å². The zero-order chi connectivity index (χ0) is 12.3. The fraction of sp³-hybridized carbons (Fsp3) is 0.500. The summed E-state index contributed by atoms with van der Waals surface area (Å²) in [5.74, 6) is 0.541. The maximum Gasteiger partial charge on any atom is 0.180 e. The summed E-state index contributed by atoms with van der Waals surface area (Å²) in [4.78, 5) is 0.271. The Morgan fingerprint density at radius 3 is 2.50 bits per heavy atom. The van der Waals surface area contributed by atoms with Crippen LogP contribution in [0.15, 0.2) is 23.1 Å². The van der Waals surface area contributed by atoms with Gasteiger partial charge >= 0.3 is 0 Å². The minimum atomic E-state index is -3.23. The minimum absolute atomic E-state index is 0.165. The molecule has 1 aromatic rings. The average molecular weight is 241 g/mol. The van der Waals surface area contributed by atoms with Gasteiger partial charge < -0.3 is 5.73 Å². The standard InChI is InChI=1S/C12H19NO2S/c1-9(2)7-8-16(14,15)11-6-4-5-10(3)12(11)13/h4-6,9H,7-8,13H2,1-3H3. The molecule has 1 rings (SSSR count). The summed E-state index contributed by atoms with van der Waals surface area (Å²) in [5, 5.41) is 0. The molecular weight excluding hydrogens is 222 g/mol. The number of para-hydroxylation sites is 1. The van der Waals surface area contributed by atoms with E-state index < -0.39 is 9.84 Å². The predicted octanol–water partition coefficient (Wildman–Crippen LogP) is 2.40. The second kappa shape index (κ2) is 4.87. The van der Waals surface area contributed by atoms with Crippen molar-refractivity contribution >= 4 is 15.5 Å². The molecule has 3 nitrogen and oxygen atoms in total. The van der Waals surface area contributed by atoms with Gasteiger partial charge in [-0.2, -0.15) is 0 Å². The van der Waals surface area contributed by atoms with Crippen LogP contribution in [0.3, 0.4) is 0 Å². The van der Waals surface area contributed by atoms with E-state index in [1.807, 2.05) is 26.8 Å². The Morgan fingerprint density at radius 1 is 1.31 bits per heavy atom. The molecule has 0 amide bonds. The van der Waals surface area contributed by atoms with Gasteiger partial charge in [0, 0.05) is 0 Å². The van der Waals surface area contributed by atoms with E-state index >= 15 is 0 Å². The predicted molar refractivity (Wildman–Crippen MR) is 67.1 cm³/mol. The number of hydrogen-bond acceptors (Lipinski definition) is 3. The molecule has 0 aromatic heterocycles. The molecule has 0 spiro atoms. The van der Waals surface area contributed by atoms with E-state index in [1.54, 1.807) is 12.1 Å². The smallest absolute Gasteiger partial charge is 0.180 e. The number of benzene rings is 1. The van der Waals surface area contributed by atoms with Gasteiger partial charge in [-0.1, -0.05) is 26.0 Å². The van der Waals surface area contributed by atoms with Crippen LogP contribution in [0.2, 0.25) is 0 Å². The van der Waals surface area contributed by atoms with Crippen molar-refractivity contribution in [2.75, 3.05) is 11.5 Å². The SMILES string of the molecule is Cc1cccc(S(=O)(=O)CCC(C)C)c1N. The molecule has 0 aliphatic carbocycles. The quantitative estimate of drug-likeness (QED) is 0.823. The normalized spacial score (nSPS) is 12.0. The maximum absolute atomic E-state index is 12.0. The van der Waals surface area contributed by atoms with E-state index in [4.69, 9.17) is 5.73 Å². The Bertz CT molecular complexity index is 464. The largest absolute Gasteiger partial charge is 0.397 e. The van der Waals surface area contributed by atoms with Crippen LogP contribution in [-0.4, -0.2) is 14.2 Å². The molecular formula is C12H19NO2S. The van der Waals surface area contributed by atoms with Crippen molar-refractivity contribution in [2.45, 2.75) is 32.1 Å². The molecule has 0 saturated heterocycles. The summed E-state index contributed by atoms with van der Waals surface area (Å²) in [6.07, 6.45) is 0.662. The van der Waals surface area contributed by atoms with Crippen LogP contribution in [0, 0.1) is 12.8 Å². The second-order valence-electron chi connectivity index (χ2n) is 4.49. The van der Waals surface area contributed by atoms with Crippen LogP contribution in [0.4, 0.5) is 5.69 Å². The van der Waals surface area contributed by atoms with E-state index in [-0.39, 0.29) is 10.6 Å². The molecule has 2 N–H and O–H groups in total. The summed E-state index contributed by atoms with van der Waals surface area (Å²) in [6, 6.07) is 5.13. The number of sulfone groups is 1. The van der Waals surface area contributed by atoms with Gasteiger partial charge in [-0.25, -0.2) is 8.42 Å². The van der Waals surface area contributed by atoms with Crippen LogP contribution in [-0.2, 0) is 9.84 Å². The van der Waals surface area contributed by atoms with Crippen LogP contribution in [0.5, 0.6) is 0 Å². The van der Waals surface area contributed by atoms with E-state index in [0.717, 1.165) is 5.56 Å². The highest BCUT2D eigenvalue weighted by Gasteiger charge is 2.18. The molecule has 0 aliphatic rings. The molecule has 0 heterocycles. The van der Waals surface area contributed by atoms with Crippen molar-refractivity contribution in [3.8, 4) is 0 Å². The summed E-state index contributed by atoms with van der Waals surface area (Å²) in [5.41, 5.74) is 6.99. The van der Waals surface area contributed by atoms with Gasteiger partial charge in [-0.15, -0.1) is 0 Å². The third-order valence-corrected chi connectivity index (χ3v) is 4.38. The number of rotatable bonds is 4. The van der Waals surface area contributed by atoms with Crippen molar-refractivity contribution in [3.05, 3.63) is 23.8 Å². The zero-order valence-corrected chi connectivity index (χ0v) is 10.8. The van der Waals surface area contributed by atoms with Crippen LogP contribution in [0.1, 0.15) is 25.8 Å². The summed E-state index contributed by atoms with van der Waals surface area (Å²) in [6.45, 7) is 5.83. The highest BCUT2D eigenvalue weighted by Crippen LogP contribution is 2.23. The molecule has 0 radical (unpaired) electrons. The van der Waals surface area contributed by atoms with Gasteiger partial charge in [0.05, 0.1) is 16.3 Å². The lowest BCUT2D eigenvalue weighted by atomic mass is 10.2. The summed E-state index contributed by atoms with van der Waals surface area (Å²) >= 11 is 0. The van der Waals surface area contributed by atoms with Gasteiger partial charge in [0.15, 0.2) is 9.84 Å². The molecule has 0 fully saturated rings. The Morgan fingerprint density at radius 2 is 1.94 bits per heavy atom. The lowest BCUT2D eigenvalue weighted by molar-refractivity contribution is 0.574. The van der Waals surface area contributed by atoms with Crippen molar-refractivity contribution in [2.24, 2.45) is 5.92 Å². The molecule has 90 valence electrons. The van der Waals surface area contributed by atoms with Crippen molar-refractivity contribution < 1.29 is 8.42 Å². The van der Waals surface area contributed by atoms with E-state index in [2.05, 4.69) is 0 Å². The molecule has 16 heavy (non-hydrogen) atoms. The Balaban J connectivity index is 3.03. The molecule has 0 saturated carbocycles. The van der Waals surface area contributed by atoms with Crippen LogP contribution in [0.25, 0.3) is 0 Å². The first-order chi connectivity index (χ1) is 7.34. The molecule has 0 bridgehead atoms. The fourth-order valence-electron chi connectivity index (χ4n) is 1.43. The Labute approximate surface area is 97.6 Å². The maximum atomic E-state index is 12.0. The average Bonchev–Trinajstić information content (AvgIpc) is 2.19. The van der Waals surface area contributed by atoms with E-state index in [1.165, 1.54) is 0 Å². The zero-order valence-electron chi connectivity index (χ0n) is 10.0. The summed E-state index contributed by atoms with van der Waals surface area (Å²) in [7, 11) is -3.23. The van der Waals surface area contributed by atoms with E-state index in [0.29, 0.717) is 18.0 Å². The van der Waals surface area contributed by atoms with Gasteiger partial charge in [0.25, 0.3) is 0 Å². The first kappa shape index (κ1) is 13.0. The van der Waals surface area contributed by atoms with Crippen LogP contribution < -0.4 is 5.73 Å². The third-order valence-electron chi connectivity index (χ3n) is 2.58. The topological polar surface area (TPSA) is 60.2 Å². The highest BCUT2D eigenvalue weighted by atomic mass is 32.2. The molecule has 1 aromatic carbocycles. The van der Waals surface area contributed by atoms with Crippen molar-refractivity contribution in [3.63, 3.8) is 0 Å². The number of nitrogens with two attached hydrogens (primary N) is 1. The molecule has 0 unspecified atom stereocenters. The monoisotopic (exact) mass is 241 g/mol. The van der Waals surface area contributed by atoms with Crippen LogP contribution >= 0.6 is 0 Å². The first-order valence-corrected chi connectivity index (χ1v) is 7.07. The number of hydrogen-bond donors (Lipinski definition) is 1. The van der Waals surface area contributed by atoms with E-state index in [9.17, 15) is 8.42 Å². The van der Waals surface area contributed by atoms with Gasteiger partial charge in [0.2, 0.25) is 0 Å². The molecule has 0 atom stereocenters. The molecule has 4 heteroatoms. The minimum Gasteiger partial charge on any atom is -0.397 e. The van der Waals surface area contributed by atoms with Gasteiger partial charge in [-0.3, -0.25) is 0 Å². The number of aryl methyl sites for hydroxylation is 1. The highest BCUT2D eigenvalue weighted by molar-refractivity contribution is 7.91. The Hall–Kier alpha value is -1.03. The molecule has 0 aliphatic heterocycles. The van der Waals surface area contributed by atoms with Gasteiger partial charge in [0.1, 0.15) is 0 Å².